The van der Waals surface area contributed by atoms with Gasteiger partial charge in [0.25, 0.3) is 5.69 Å². The second-order valence-corrected chi connectivity index (χ2v) is 4.92. The molecule has 0 aliphatic heterocycles. The number of carbonyl (C=O) groups is 1. The summed E-state index contributed by atoms with van der Waals surface area (Å²) in [6, 6.07) is 9.83. The summed E-state index contributed by atoms with van der Waals surface area (Å²) in [6.07, 6.45) is 0. The highest BCUT2D eigenvalue weighted by Crippen LogP contribution is 2.29. The number of ether oxygens (including phenoxy) is 2. The average molecular weight is 367 g/mol. The third-order valence-electron chi connectivity index (χ3n) is 3.22. The van der Waals surface area contributed by atoms with Crippen LogP contribution in [0.15, 0.2) is 42.5 Å². The Morgan fingerprint density at radius 2 is 1.96 bits per heavy atom. The van der Waals surface area contributed by atoms with Crippen LogP contribution in [0, 0.1) is 10.1 Å². The molecule has 0 fully saturated rings. The van der Waals surface area contributed by atoms with Gasteiger partial charge in [0.2, 0.25) is 5.91 Å². The van der Waals surface area contributed by atoms with Crippen molar-refractivity contribution < 1.29 is 28.0 Å². The summed E-state index contributed by atoms with van der Waals surface area (Å²) in [5.74, 6) is -0.457. The number of benzene rings is 2. The fourth-order valence-corrected chi connectivity index (χ4v) is 2.08. The smallest absolute Gasteiger partial charge is 0.387 e. The molecule has 0 saturated heterocycles. The summed E-state index contributed by atoms with van der Waals surface area (Å²) in [6.45, 7) is -3.32. The lowest BCUT2D eigenvalue weighted by molar-refractivity contribution is -0.384. The number of nitro benzene ring substituents is 1. The average Bonchev–Trinajstić information content (AvgIpc) is 2.60. The van der Waals surface area contributed by atoms with E-state index in [1.54, 1.807) is 6.07 Å². The topological polar surface area (TPSA) is 103 Å². The van der Waals surface area contributed by atoms with Crippen molar-refractivity contribution in [2.24, 2.45) is 0 Å². The van der Waals surface area contributed by atoms with Crippen LogP contribution in [0.25, 0.3) is 0 Å². The molecule has 2 aromatic rings. The second kappa shape index (κ2) is 8.60. The Hall–Kier alpha value is -3.43. The minimum absolute atomic E-state index is 0.0142. The van der Waals surface area contributed by atoms with Gasteiger partial charge in [0.15, 0.2) is 0 Å². The quantitative estimate of drug-likeness (QED) is 0.548. The predicted octanol–water partition coefficient (Wildman–Crippen LogP) is 3.26. The van der Waals surface area contributed by atoms with Gasteiger partial charge in [-0.2, -0.15) is 8.78 Å². The van der Waals surface area contributed by atoms with Crippen molar-refractivity contribution in [3.8, 4) is 11.5 Å². The lowest BCUT2D eigenvalue weighted by Crippen LogP contribution is -2.22. The summed E-state index contributed by atoms with van der Waals surface area (Å²) >= 11 is 0. The van der Waals surface area contributed by atoms with Gasteiger partial charge in [0, 0.05) is 0 Å². The summed E-state index contributed by atoms with van der Waals surface area (Å²) in [7, 11) is 1.36. The number of para-hydroxylation sites is 2. The van der Waals surface area contributed by atoms with Crippen LogP contribution in [0.4, 0.5) is 25.8 Å². The molecule has 26 heavy (non-hydrogen) atoms. The first-order valence-corrected chi connectivity index (χ1v) is 7.30. The molecule has 2 N–H and O–H groups in total. The van der Waals surface area contributed by atoms with E-state index in [0.717, 1.165) is 0 Å². The van der Waals surface area contributed by atoms with Gasteiger partial charge in [0.1, 0.15) is 17.2 Å². The summed E-state index contributed by atoms with van der Waals surface area (Å²) < 4.78 is 34.0. The number of rotatable bonds is 8. The van der Waals surface area contributed by atoms with E-state index in [9.17, 15) is 23.7 Å². The molecule has 2 rings (SSSR count). The first-order chi connectivity index (χ1) is 12.4. The molecule has 8 nitrogen and oxygen atoms in total. The summed E-state index contributed by atoms with van der Waals surface area (Å²) in [4.78, 5) is 22.5. The number of hydrogen-bond donors (Lipinski definition) is 2. The van der Waals surface area contributed by atoms with E-state index in [1.807, 2.05) is 0 Å². The molecule has 0 spiro atoms. The third kappa shape index (κ3) is 5.03. The Morgan fingerprint density at radius 1 is 1.23 bits per heavy atom. The van der Waals surface area contributed by atoms with E-state index in [2.05, 4.69) is 15.4 Å². The van der Waals surface area contributed by atoms with Crippen LogP contribution >= 0.6 is 0 Å². The molecule has 1 amide bonds. The van der Waals surface area contributed by atoms with Gasteiger partial charge in [-0.1, -0.05) is 12.1 Å². The Bertz CT molecular complexity index is 801. The van der Waals surface area contributed by atoms with Gasteiger partial charge < -0.3 is 20.1 Å². The van der Waals surface area contributed by atoms with Crippen LogP contribution in [-0.4, -0.2) is 31.1 Å². The Balaban J connectivity index is 2.05. The fourth-order valence-electron chi connectivity index (χ4n) is 2.08. The monoisotopic (exact) mass is 367 g/mol. The van der Waals surface area contributed by atoms with Crippen LogP contribution in [-0.2, 0) is 4.79 Å². The van der Waals surface area contributed by atoms with Gasteiger partial charge in [-0.3, -0.25) is 14.9 Å². The van der Waals surface area contributed by atoms with Gasteiger partial charge >= 0.3 is 6.61 Å². The number of methoxy groups -OCH3 is 1. The molecule has 0 atom stereocenters. The third-order valence-corrected chi connectivity index (χ3v) is 3.22. The minimum atomic E-state index is -3.01. The van der Waals surface area contributed by atoms with Gasteiger partial charge in [-0.15, -0.1) is 0 Å². The van der Waals surface area contributed by atoms with Crippen molar-refractivity contribution in [1.82, 2.24) is 0 Å². The standard InChI is InChI=1S/C16H15F2N3O5/c1-25-10-6-7-11(13(8-10)21(23)24)20-15(22)9-19-12-4-2-3-5-14(12)26-16(17)18/h2-8,16,19H,9H2,1H3,(H,20,22). The zero-order valence-electron chi connectivity index (χ0n) is 13.6. The van der Waals surface area contributed by atoms with Gasteiger partial charge in [0.05, 0.1) is 30.3 Å². The number of hydrogen-bond acceptors (Lipinski definition) is 6. The normalized spacial score (nSPS) is 10.3. The molecule has 138 valence electrons. The van der Waals surface area contributed by atoms with E-state index in [-0.39, 0.29) is 35.1 Å². The van der Waals surface area contributed by atoms with E-state index in [4.69, 9.17) is 4.74 Å². The van der Waals surface area contributed by atoms with Crippen molar-refractivity contribution in [1.29, 1.82) is 0 Å². The number of nitrogens with zero attached hydrogens (tertiary/aromatic N) is 1. The van der Waals surface area contributed by atoms with E-state index in [1.165, 1.54) is 43.5 Å². The van der Waals surface area contributed by atoms with Crippen molar-refractivity contribution in [2.45, 2.75) is 6.61 Å². The number of nitro groups is 1. The van der Waals surface area contributed by atoms with Crippen LogP contribution in [0.3, 0.4) is 0 Å². The number of alkyl halides is 2. The SMILES string of the molecule is COc1ccc(NC(=O)CNc2ccccc2OC(F)F)c([N+](=O)[O-])c1. The molecular weight excluding hydrogens is 352 g/mol. The molecule has 0 bridgehead atoms. The Morgan fingerprint density at radius 3 is 2.62 bits per heavy atom. The molecular formula is C16H15F2N3O5. The molecule has 0 aliphatic carbocycles. The highest BCUT2D eigenvalue weighted by Gasteiger charge is 2.17. The van der Waals surface area contributed by atoms with Crippen molar-refractivity contribution in [2.75, 3.05) is 24.3 Å². The maximum atomic E-state index is 12.4. The van der Waals surface area contributed by atoms with Crippen LogP contribution < -0.4 is 20.1 Å². The molecule has 0 saturated carbocycles. The zero-order valence-corrected chi connectivity index (χ0v) is 13.6. The molecule has 0 aromatic heterocycles. The van der Waals surface area contributed by atoms with Gasteiger partial charge in [-0.25, -0.2) is 0 Å². The lowest BCUT2D eigenvalue weighted by atomic mass is 10.2. The molecule has 2 aromatic carbocycles. The fraction of sp³-hybridized carbons (Fsp3) is 0.188. The number of halogens is 2. The molecule has 0 aliphatic rings. The number of anilines is 2. The molecule has 10 heteroatoms. The number of amides is 1. The minimum Gasteiger partial charge on any atom is -0.496 e. The Kier molecular flexibility index (Phi) is 6.25. The molecule has 0 radical (unpaired) electrons. The largest absolute Gasteiger partial charge is 0.496 e. The highest BCUT2D eigenvalue weighted by atomic mass is 19.3. The van der Waals surface area contributed by atoms with Gasteiger partial charge in [-0.05, 0) is 24.3 Å². The van der Waals surface area contributed by atoms with Crippen LogP contribution in [0.1, 0.15) is 0 Å². The highest BCUT2D eigenvalue weighted by molar-refractivity contribution is 5.96. The van der Waals surface area contributed by atoms with E-state index in [0.29, 0.717) is 0 Å². The zero-order chi connectivity index (χ0) is 19.1. The summed E-state index contributed by atoms with van der Waals surface area (Å²) in [5.41, 5.74) is -0.161. The molecule has 0 unspecified atom stereocenters. The van der Waals surface area contributed by atoms with E-state index >= 15 is 0 Å². The van der Waals surface area contributed by atoms with E-state index < -0.39 is 17.4 Å². The van der Waals surface area contributed by atoms with Crippen molar-refractivity contribution in [3.63, 3.8) is 0 Å². The lowest BCUT2D eigenvalue weighted by Gasteiger charge is -2.12. The summed E-state index contributed by atoms with van der Waals surface area (Å²) in [5, 5.41) is 16.1. The van der Waals surface area contributed by atoms with Crippen molar-refractivity contribution in [3.05, 3.63) is 52.6 Å². The maximum absolute atomic E-state index is 12.4. The Labute approximate surface area is 146 Å². The first-order valence-electron chi connectivity index (χ1n) is 7.30. The molecule has 0 heterocycles. The van der Waals surface area contributed by atoms with Crippen LogP contribution in [0.2, 0.25) is 0 Å². The number of carbonyl (C=O) groups excluding carboxylic acids is 1. The number of nitrogens with one attached hydrogen (secondary N) is 2. The van der Waals surface area contributed by atoms with Crippen LogP contribution in [0.5, 0.6) is 11.5 Å². The first kappa shape index (κ1) is 18.9. The van der Waals surface area contributed by atoms with Crippen molar-refractivity contribution >= 4 is 23.0 Å². The predicted molar refractivity (Wildman–Crippen MR) is 89.8 cm³/mol. The second-order valence-electron chi connectivity index (χ2n) is 4.92. The maximum Gasteiger partial charge on any atom is 0.387 e.